The van der Waals surface area contributed by atoms with Crippen LogP contribution in [-0.2, 0) is 32.3 Å². The molecule has 0 aliphatic carbocycles. The van der Waals surface area contributed by atoms with Crippen LogP contribution in [0.25, 0.3) is 0 Å². The lowest BCUT2D eigenvalue weighted by atomic mass is 10.1. The normalized spacial score (nSPS) is 10.4. The number of Topliss-reactive ketones (excluding diaryl/α,β-unsaturated/α-hetero) is 1. The van der Waals surface area contributed by atoms with E-state index in [0.29, 0.717) is 25.1 Å². The monoisotopic (exact) mass is 382 g/mol. The number of aliphatic hydroxyl groups is 1. The molecule has 0 bridgehead atoms. The first kappa shape index (κ1) is 22.4. The van der Waals surface area contributed by atoms with Crippen molar-refractivity contribution in [2.75, 3.05) is 13.7 Å². The number of aromatic nitrogens is 1. The zero-order valence-corrected chi connectivity index (χ0v) is 15.4. The van der Waals surface area contributed by atoms with Crippen LogP contribution in [0.15, 0.2) is 17.1 Å². The average molecular weight is 382 g/mol. The second-order valence-corrected chi connectivity index (χ2v) is 6.07. The summed E-state index contributed by atoms with van der Waals surface area (Å²) in [6.07, 6.45) is 3.63. The van der Waals surface area contributed by atoms with Crippen LogP contribution in [0.4, 0.5) is 0 Å². The number of aliphatic hydroxyl groups excluding tert-OH is 1. The van der Waals surface area contributed by atoms with E-state index < -0.39 is 11.4 Å². The summed E-state index contributed by atoms with van der Waals surface area (Å²) in [6, 6.07) is 1.19. The van der Waals surface area contributed by atoms with Gasteiger partial charge in [0.1, 0.15) is 0 Å². The van der Waals surface area contributed by atoms with Gasteiger partial charge in [-0.3, -0.25) is 19.2 Å². The maximum Gasteiger partial charge on any atom is 0.305 e. The first-order valence-corrected chi connectivity index (χ1v) is 8.75. The Morgan fingerprint density at radius 2 is 1.89 bits per heavy atom. The van der Waals surface area contributed by atoms with Crippen LogP contribution in [0, 0.1) is 0 Å². The highest BCUT2D eigenvalue weighted by Crippen LogP contribution is 2.09. The van der Waals surface area contributed by atoms with E-state index in [1.54, 1.807) is 4.57 Å². The zero-order valence-electron chi connectivity index (χ0n) is 15.4. The third kappa shape index (κ3) is 8.50. The summed E-state index contributed by atoms with van der Waals surface area (Å²) in [6.45, 7) is 0.0889. The van der Waals surface area contributed by atoms with Gasteiger partial charge < -0.3 is 24.8 Å². The van der Waals surface area contributed by atoms with Crippen molar-refractivity contribution < 1.29 is 29.3 Å². The van der Waals surface area contributed by atoms with Crippen LogP contribution >= 0.6 is 0 Å². The molecule has 1 aromatic heterocycles. The molecule has 1 amide bonds. The van der Waals surface area contributed by atoms with Crippen molar-refractivity contribution in [1.29, 1.82) is 0 Å². The van der Waals surface area contributed by atoms with Gasteiger partial charge in [0.15, 0.2) is 11.5 Å². The van der Waals surface area contributed by atoms with E-state index in [0.717, 1.165) is 6.42 Å². The lowest BCUT2D eigenvalue weighted by molar-refractivity contribution is -0.141. The van der Waals surface area contributed by atoms with Crippen LogP contribution in [0.5, 0.6) is 5.75 Å². The first-order chi connectivity index (χ1) is 12.9. The quantitative estimate of drug-likeness (QED) is 0.348. The standard InChI is InChI=1S/C18H26N2O7/c1-27-18(26)7-6-14(22)10-19-17(25)5-3-2-4-8-20-11-16(24)15(23)9-13(20)12-21/h9,11,21,24H,2-8,10,12H2,1H3,(H,19,25). The molecule has 0 aliphatic rings. The van der Waals surface area contributed by atoms with E-state index in [9.17, 15) is 29.4 Å². The van der Waals surface area contributed by atoms with Crippen LogP contribution in [0.2, 0.25) is 0 Å². The minimum Gasteiger partial charge on any atom is -0.503 e. The molecule has 0 aromatic carbocycles. The van der Waals surface area contributed by atoms with Crippen molar-refractivity contribution in [3.05, 3.63) is 28.2 Å². The van der Waals surface area contributed by atoms with Crippen molar-refractivity contribution in [3.63, 3.8) is 0 Å². The predicted molar refractivity (Wildman–Crippen MR) is 96.0 cm³/mol. The van der Waals surface area contributed by atoms with E-state index in [1.807, 2.05) is 0 Å². The van der Waals surface area contributed by atoms with Gasteiger partial charge in [-0.25, -0.2) is 0 Å². The van der Waals surface area contributed by atoms with Gasteiger partial charge in [0.25, 0.3) is 0 Å². The lowest BCUT2D eigenvalue weighted by Crippen LogP contribution is -2.29. The van der Waals surface area contributed by atoms with Crippen molar-refractivity contribution in [2.45, 2.75) is 51.7 Å². The van der Waals surface area contributed by atoms with Gasteiger partial charge in [0, 0.05) is 31.1 Å². The number of nitrogens with one attached hydrogen (secondary N) is 1. The maximum absolute atomic E-state index is 11.7. The molecule has 0 fully saturated rings. The molecule has 0 radical (unpaired) electrons. The highest BCUT2D eigenvalue weighted by molar-refractivity contribution is 5.88. The molecule has 0 unspecified atom stereocenters. The van der Waals surface area contributed by atoms with Crippen LogP contribution < -0.4 is 10.7 Å². The molecule has 1 aromatic rings. The molecule has 0 aliphatic heterocycles. The molecule has 0 saturated heterocycles. The lowest BCUT2D eigenvalue weighted by Gasteiger charge is -2.12. The summed E-state index contributed by atoms with van der Waals surface area (Å²) in [4.78, 5) is 45.5. The number of methoxy groups -OCH3 is 1. The Bertz CT molecular complexity index is 712. The fraction of sp³-hybridized carbons (Fsp3) is 0.556. The van der Waals surface area contributed by atoms with Crippen LogP contribution in [0.1, 0.15) is 44.2 Å². The molecule has 150 valence electrons. The van der Waals surface area contributed by atoms with Crippen molar-refractivity contribution in [1.82, 2.24) is 9.88 Å². The summed E-state index contributed by atoms with van der Waals surface area (Å²) in [5, 5.41) is 21.2. The van der Waals surface area contributed by atoms with Gasteiger partial charge >= 0.3 is 5.97 Å². The number of pyridine rings is 1. The van der Waals surface area contributed by atoms with Crippen LogP contribution in [0.3, 0.4) is 0 Å². The van der Waals surface area contributed by atoms with Gasteiger partial charge in [-0.15, -0.1) is 0 Å². The number of aromatic hydroxyl groups is 1. The van der Waals surface area contributed by atoms with Gasteiger partial charge in [-0.1, -0.05) is 6.42 Å². The summed E-state index contributed by atoms with van der Waals surface area (Å²) in [5.74, 6) is -1.31. The molecule has 9 heteroatoms. The number of esters is 1. The SMILES string of the molecule is COC(=O)CCC(=O)CNC(=O)CCCCCn1cc(O)c(=O)cc1CO. The second kappa shape index (κ2) is 11.8. The Labute approximate surface area is 157 Å². The number of carbonyl (C=O) groups is 3. The van der Waals surface area contributed by atoms with E-state index in [-0.39, 0.29) is 49.9 Å². The smallest absolute Gasteiger partial charge is 0.305 e. The van der Waals surface area contributed by atoms with Crippen molar-refractivity contribution in [3.8, 4) is 5.75 Å². The number of carbonyl (C=O) groups excluding carboxylic acids is 3. The number of hydrogen-bond acceptors (Lipinski definition) is 7. The van der Waals surface area contributed by atoms with E-state index in [4.69, 9.17) is 0 Å². The Kier molecular flexibility index (Phi) is 9.81. The highest BCUT2D eigenvalue weighted by Gasteiger charge is 2.09. The predicted octanol–water partition coefficient (Wildman–Crippen LogP) is 0.245. The minimum absolute atomic E-state index is 0.00156. The van der Waals surface area contributed by atoms with Gasteiger partial charge in [0.2, 0.25) is 11.3 Å². The molecular formula is C18H26N2O7. The Morgan fingerprint density at radius 1 is 1.15 bits per heavy atom. The van der Waals surface area contributed by atoms with E-state index in [1.165, 1.54) is 19.4 Å². The van der Waals surface area contributed by atoms with E-state index >= 15 is 0 Å². The number of rotatable bonds is 12. The maximum atomic E-state index is 11.7. The third-order valence-corrected chi connectivity index (χ3v) is 3.98. The summed E-state index contributed by atoms with van der Waals surface area (Å²) in [7, 11) is 1.25. The average Bonchev–Trinajstić information content (AvgIpc) is 2.66. The number of unbranched alkanes of at least 4 members (excludes halogenated alkanes) is 2. The number of hydrogen-bond donors (Lipinski definition) is 3. The molecule has 0 saturated carbocycles. The molecule has 1 rings (SSSR count). The van der Waals surface area contributed by atoms with Crippen molar-refractivity contribution in [2.24, 2.45) is 0 Å². The minimum atomic E-state index is -0.534. The van der Waals surface area contributed by atoms with Crippen molar-refractivity contribution >= 4 is 17.7 Å². The molecular weight excluding hydrogens is 356 g/mol. The Hall–Kier alpha value is -2.68. The van der Waals surface area contributed by atoms with E-state index in [2.05, 4.69) is 10.1 Å². The highest BCUT2D eigenvalue weighted by atomic mass is 16.5. The van der Waals surface area contributed by atoms with Gasteiger partial charge in [0.05, 0.1) is 32.9 Å². The molecule has 0 atom stereocenters. The first-order valence-electron chi connectivity index (χ1n) is 8.75. The number of aryl methyl sites for hydroxylation is 1. The number of nitrogens with zero attached hydrogens (tertiary/aromatic N) is 1. The largest absolute Gasteiger partial charge is 0.503 e. The summed E-state index contributed by atoms with van der Waals surface area (Å²) < 4.78 is 6.05. The summed E-state index contributed by atoms with van der Waals surface area (Å²) in [5.41, 5.74) is -0.117. The zero-order chi connectivity index (χ0) is 20.2. The molecule has 1 heterocycles. The number of ether oxygens (including phenoxy) is 1. The molecule has 27 heavy (non-hydrogen) atoms. The Balaban J connectivity index is 2.22. The third-order valence-electron chi connectivity index (χ3n) is 3.98. The van der Waals surface area contributed by atoms with Gasteiger partial charge in [-0.05, 0) is 12.8 Å². The van der Waals surface area contributed by atoms with Gasteiger partial charge in [-0.2, -0.15) is 0 Å². The molecule has 9 nitrogen and oxygen atoms in total. The fourth-order valence-corrected chi connectivity index (χ4v) is 2.41. The number of ketones is 1. The Morgan fingerprint density at radius 3 is 2.56 bits per heavy atom. The summed E-state index contributed by atoms with van der Waals surface area (Å²) >= 11 is 0. The molecule has 0 spiro atoms. The van der Waals surface area contributed by atoms with Crippen LogP contribution in [-0.4, -0.2) is 46.1 Å². The second-order valence-electron chi connectivity index (χ2n) is 6.07. The molecule has 3 N–H and O–H groups in total. The number of amides is 1. The fourth-order valence-electron chi connectivity index (χ4n) is 2.41. The topological polar surface area (TPSA) is 135 Å².